The van der Waals surface area contributed by atoms with Gasteiger partial charge in [-0.15, -0.1) is 0 Å². The fourth-order valence-corrected chi connectivity index (χ4v) is 3.54. The summed E-state index contributed by atoms with van der Waals surface area (Å²) >= 11 is 0. The number of aromatic nitrogens is 2. The van der Waals surface area contributed by atoms with Crippen molar-refractivity contribution in [2.45, 2.75) is 4.90 Å². The Balaban J connectivity index is 1.76. The Morgan fingerprint density at radius 1 is 0.900 bits per heavy atom. The molecule has 0 radical (unpaired) electrons. The lowest BCUT2D eigenvalue weighted by Gasteiger charge is -2.15. The predicted octanol–water partition coefficient (Wildman–Crippen LogP) is 3.40. The van der Waals surface area contributed by atoms with Crippen LogP contribution in [-0.4, -0.2) is 22.8 Å². The van der Waals surface area contributed by atoms with Gasteiger partial charge in [0.25, 0.3) is 0 Å². The van der Waals surface area contributed by atoms with Crippen LogP contribution in [-0.2, 0) is 10.1 Å². The third-order valence-electron chi connectivity index (χ3n) is 4.36. The van der Waals surface area contributed by atoms with Crippen LogP contribution < -0.4 is 16.2 Å². The van der Waals surface area contributed by atoms with E-state index in [1.807, 2.05) is 0 Å². The topological polar surface area (TPSA) is 136 Å². The van der Waals surface area contributed by atoms with Crippen molar-refractivity contribution in [1.82, 2.24) is 9.78 Å². The standard InChI is InChI=1S/C21H18N4O4S/c22-15-8-6-14(7-9-15)18-13-21(23)25(24-18)16-10-11-19(20(12-16)30(26,27)28)29-17-4-2-1-3-5-17/h1-13H,22-23H2,(H,26,27,28)/p-1. The average Bonchev–Trinajstić information content (AvgIpc) is 3.10. The van der Waals surface area contributed by atoms with Gasteiger partial charge in [0.05, 0.1) is 16.3 Å². The number of ether oxygens (including phenoxy) is 1. The van der Waals surface area contributed by atoms with Gasteiger partial charge < -0.3 is 20.8 Å². The molecular weight excluding hydrogens is 404 g/mol. The highest BCUT2D eigenvalue weighted by Crippen LogP contribution is 2.32. The summed E-state index contributed by atoms with van der Waals surface area (Å²) in [6.45, 7) is 0. The normalized spacial score (nSPS) is 11.4. The van der Waals surface area contributed by atoms with Gasteiger partial charge in [0, 0.05) is 17.3 Å². The number of nitrogen functional groups attached to an aromatic ring is 2. The molecule has 4 aromatic rings. The summed E-state index contributed by atoms with van der Waals surface area (Å²) in [5.74, 6) is 0.594. The van der Waals surface area contributed by atoms with E-state index in [4.69, 9.17) is 16.2 Å². The summed E-state index contributed by atoms with van der Waals surface area (Å²) in [6.07, 6.45) is 0. The molecule has 0 bridgehead atoms. The second-order valence-electron chi connectivity index (χ2n) is 6.49. The summed E-state index contributed by atoms with van der Waals surface area (Å²) < 4.78 is 42.5. The van der Waals surface area contributed by atoms with E-state index in [2.05, 4.69) is 5.10 Å². The van der Waals surface area contributed by atoms with Crippen molar-refractivity contribution in [3.8, 4) is 28.4 Å². The van der Waals surface area contributed by atoms with E-state index in [0.717, 1.165) is 5.56 Å². The second kappa shape index (κ2) is 7.54. The molecule has 0 saturated heterocycles. The molecule has 0 atom stereocenters. The highest BCUT2D eigenvalue weighted by atomic mass is 32.2. The molecule has 0 spiro atoms. The van der Waals surface area contributed by atoms with Crippen LogP contribution in [0.1, 0.15) is 0 Å². The number of hydrogen-bond donors (Lipinski definition) is 2. The van der Waals surface area contributed by atoms with Crippen LogP contribution in [0.2, 0.25) is 0 Å². The molecule has 30 heavy (non-hydrogen) atoms. The van der Waals surface area contributed by atoms with E-state index in [1.165, 1.54) is 16.8 Å². The number of anilines is 2. The quantitative estimate of drug-likeness (QED) is 0.372. The van der Waals surface area contributed by atoms with E-state index in [-0.39, 0.29) is 11.6 Å². The van der Waals surface area contributed by atoms with Gasteiger partial charge in [-0.3, -0.25) is 0 Å². The largest absolute Gasteiger partial charge is 0.744 e. The van der Waals surface area contributed by atoms with Gasteiger partial charge in [-0.05, 0) is 42.5 Å². The number of rotatable bonds is 5. The van der Waals surface area contributed by atoms with Gasteiger partial charge in [0.2, 0.25) is 0 Å². The summed E-state index contributed by atoms with van der Waals surface area (Å²) in [5, 5.41) is 4.43. The van der Waals surface area contributed by atoms with Crippen molar-refractivity contribution in [3.63, 3.8) is 0 Å². The molecule has 0 fully saturated rings. The lowest BCUT2D eigenvalue weighted by Crippen LogP contribution is -2.06. The molecule has 1 aromatic heterocycles. The van der Waals surface area contributed by atoms with Gasteiger partial charge in [-0.1, -0.05) is 30.3 Å². The lowest BCUT2D eigenvalue weighted by atomic mass is 10.1. The Bertz CT molecular complexity index is 1300. The van der Waals surface area contributed by atoms with Crippen molar-refractivity contribution < 1.29 is 17.7 Å². The fourth-order valence-electron chi connectivity index (χ4n) is 2.92. The zero-order valence-corrected chi connectivity index (χ0v) is 16.4. The molecule has 9 heteroatoms. The fraction of sp³-hybridized carbons (Fsp3) is 0. The van der Waals surface area contributed by atoms with Crippen molar-refractivity contribution >= 4 is 21.6 Å². The van der Waals surface area contributed by atoms with E-state index >= 15 is 0 Å². The molecule has 0 aliphatic carbocycles. The van der Waals surface area contributed by atoms with Crippen LogP contribution in [0.3, 0.4) is 0 Å². The average molecular weight is 421 g/mol. The van der Waals surface area contributed by atoms with Crippen LogP contribution in [0, 0.1) is 0 Å². The maximum Gasteiger partial charge on any atom is 0.145 e. The Hall–Kier alpha value is -3.82. The smallest absolute Gasteiger partial charge is 0.145 e. The Labute approximate surface area is 173 Å². The first-order valence-electron chi connectivity index (χ1n) is 8.86. The lowest BCUT2D eigenvalue weighted by molar-refractivity contribution is 0.440. The molecule has 0 amide bonds. The Kier molecular flexibility index (Phi) is 4.90. The minimum atomic E-state index is -4.82. The van der Waals surface area contributed by atoms with Gasteiger partial charge >= 0.3 is 0 Å². The molecule has 152 valence electrons. The zero-order chi connectivity index (χ0) is 21.3. The van der Waals surface area contributed by atoms with Gasteiger partial charge in [0.1, 0.15) is 27.4 Å². The number of nitrogens with two attached hydrogens (primary N) is 2. The third kappa shape index (κ3) is 3.97. The van der Waals surface area contributed by atoms with Crippen LogP contribution in [0.4, 0.5) is 11.5 Å². The maximum absolute atomic E-state index is 11.9. The predicted molar refractivity (Wildman–Crippen MR) is 112 cm³/mol. The molecule has 4 N–H and O–H groups in total. The minimum absolute atomic E-state index is 0.0792. The van der Waals surface area contributed by atoms with Gasteiger partial charge in [0.15, 0.2) is 0 Å². The van der Waals surface area contributed by atoms with Gasteiger partial charge in [-0.2, -0.15) is 5.10 Å². The highest BCUT2D eigenvalue weighted by molar-refractivity contribution is 7.85. The van der Waals surface area contributed by atoms with Crippen molar-refractivity contribution in [1.29, 1.82) is 0 Å². The Morgan fingerprint density at radius 3 is 2.27 bits per heavy atom. The third-order valence-corrected chi connectivity index (χ3v) is 5.21. The molecule has 0 unspecified atom stereocenters. The minimum Gasteiger partial charge on any atom is -0.744 e. The number of benzene rings is 3. The number of hydrogen-bond acceptors (Lipinski definition) is 7. The molecule has 0 aliphatic heterocycles. The van der Waals surface area contributed by atoms with Crippen LogP contribution in [0.15, 0.2) is 83.8 Å². The van der Waals surface area contributed by atoms with Crippen molar-refractivity contribution in [2.24, 2.45) is 0 Å². The van der Waals surface area contributed by atoms with E-state index in [0.29, 0.717) is 22.8 Å². The molecule has 8 nitrogen and oxygen atoms in total. The first-order chi connectivity index (χ1) is 14.3. The number of para-hydroxylation sites is 1. The summed E-state index contributed by atoms with van der Waals surface area (Å²) in [4.78, 5) is -0.507. The number of nitrogens with zero attached hydrogens (tertiary/aromatic N) is 2. The van der Waals surface area contributed by atoms with Crippen LogP contribution >= 0.6 is 0 Å². The Morgan fingerprint density at radius 2 is 1.60 bits per heavy atom. The monoisotopic (exact) mass is 421 g/mol. The molecule has 0 aliphatic rings. The summed E-state index contributed by atoms with van der Waals surface area (Å²) in [6, 6.07) is 21.4. The van der Waals surface area contributed by atoms with E-state index < -0.39 is 15.0 Å². The summed E-state index contributed by atoms with van der Waals surface area (Å²) in [5.41, 5.74) is 14.1. The van der Waals surface area contributed by atoms with Crippen LogP contribution in [0.5, 0.6) is 11.5 Å². The first kappa shape index (κ1) is 19.5. The van der Waals surface area contributed by atoms with Gasteiger partial charge in [-0.25, -0.2) is 13.1 Å². The van der Waals surface area contributed by atoms with E-state index in [9.17, 15) is 13.0 Å². The second-order valence-corrected chi connectivity index (χ2v) is 7.84. The van der Waals surface area contributed by atoms with Crippen LogP contribution in [0.25, 0.3) is 16.9 Å². The molecule has 4 rings (SSSR count). The first-order valence-corrected chi connectivity index (χ1v) is 10.3. The summed E-state index contributed by atoms with van der Waals surface area (Å²) in [7, 11) is -4.82. The SMILES string of the molecule is Nc1ccc(-c2cc(N)n(-c3ccc(Oc4ccccc4)c(S(=O)(=O)[O-])c3)n2)cc1. The maximum atomic E-state index is 11.9. The zero-order valence-electron chi connectivity index (χ0n) is 15.6. The van der Waals surface area contributed by atoms with Crippen molar-refractivity contribution in [2.75, 3.05) is 11.5 Å². The molecular formula is C21H17N4O4S-. The molecule has 0 saturated carbocycles. The molecule has 3 aromatic carbocycles. The highest BCUT2D eigenvalue weighted by Gasteiger charge is 2.16. The molecule has 1 heterocycles. The van der Waals surface area contributed by atoms with Crippen molar-refractivity contribution in [3.05, 3.63) is 78.9 Å². The van der Waals surface area contributed by atoms with E-state index in [1.54, 1.807) is 66.7 Å².